The third-order valence-corrected chi connectivity index (χ3v) is 4.38. The van der Waals surface area contributed by atoms with Crippen LogP contribution in [0.4, 0.5) is 0 Å². The fourth-order valence-electron chi connectivity index (χ4n) is 2.84. The number of halogens is 1. The summed E-state index contributed by atoms with van der Waals surface area (Å²) in [7, 11) is 0. The van der Waals surface area contributed by atoms with Crippen molar-refractivity contribution in [1.82, 2.24) is 10.2 Å². The minimum atomic E-state index is 0.222. The van der Waals surface area contributed by atoms with Gasteiger partial charge in [-0.1, -0.05) is 41.4 Å². The summed E-state index contributed by atoms with van der Waals surface area (Å²) in [5, 5.41) is 3.67. The SMILES string of the molecule is CCCC1CNC(C)(C)CN1Cc1ccc(Br)cc1. The second-order valence-corrected chi connectivity index (χ2v) is 7.15. The van der Waals surface area contributed by atoms with Crippen molar-refractivity contribution in [2.45, 2.75) is 51.7 Å². The lowest BCUT2D eigenvalue weighted by atomic mass is 9.96. The predicted octanol–water partition coefficient (Wildman–Crippen LogP) is 3.80. The Morgan fingerprint density at radius 2 is 2.00 bits per heavy atom. The second kappa shape index (κ2) is 6.38. The lowest BCUT2D eigenvalue weighted by Crippen LogP contribution is -2.61. The van der Waals surface area contributed by atoms with Crippen LogP contribution in [0.1, 0.15) is 39.2 Å². The zero-order valence-corrected chi connectivity index (χ0v) is 13.8. The Morgan fingerprint density at radius 3 is 2.63 bits per heavy atom. The van der Waals surface area contributed by atoms with Crippen LogP contribution in [0.15, 0.2) is 28.7 Å². The average molecular weight is 325 g/mol. The maximum atomic E-state index is 3.67. The van der Waals surface area contributed by atoms with E-state index in [0.717, 1.165) is 24.1 Å². The number of rotatable bonds is 4. The zero-order chi connectivity index (χ0) is 13.9. The molecule has 2 rings (SSSR count). The molecule has 1 unspecified atom stereocenters. The van der Waals surface area contributed by atoms with Gasteiger partial charge in [0.15, 0.2) is 0 Å². The highest BCUT2D eigenvalue weighted by Gasteiger charge is 2.31. The molecule has 0 amide bonds. The molecule has 1 fully saturated rings. The summed E-state index contributed by atoms with van der Waals surface area (Å²) >= 11 is 3.50. The van der Waals surface area contributed by atoms with Gasteiger partial charge in [-0.05, 0) is 38.0 Å². The van der Waals surface area contributed by atoms with Crippen molar-refractivity contribution in [3.63, 3.8) is 0 Å². The van der Waals surface area contributed by atoms with E-state index in [4.69, 9.17) is 0 Å². The molecule has 3 heteroatoms. The Hall–Kier alpha value is -0.380. The van der Waals surface area contributed by atoms with Gasteiger partial charge in [0.2, 0.25) is 0 Å². The molecule has 1 atom stereocenters. The maximum absolute atomic E-state index is 3.67. The van der Waals surface area contributed by atoms with E-state index in [9.17, 15) is 0 Å². The molecule has 0 bridgehead atoms. The normalized spacial score (nSPS) is 23.5. The molecule has 2 nitrogen and oxygen atoms in total. The van der Waals surface area contributed by atoms with Crippen molar-refractivity contribution < 1.29 is 0 Å². The van der Waals surface area contributed by atoms with Crippen LogP contribution in [0.25, 0.3) is 0 Å². The van der Waals surface area contributed by atoms with E-state index >= 15 is 0 Å². The molecule has 1 aliphatic heterocycles. The van der Waals surface area contributed by atoms with Gasteiger partial charge in [0.05, 0.1) is 0 Å². The van der Waals surface area contributed by atoms with Crippen LogP contribution in [0, 0.1) is 0 Å². The van der Waals surface area contributed by atoms with Crippen molar-refractivity contribution in [1.29, 1.82) is 0 Å². The van der Waals surface area contributed by atoms with Gasteiger partial charge in [-0.25, -0.2) is 0 Å². The first-order valence-corrected chi connectivity index (χ1v) is 8.03. The van der Waals surface area contributed by atoms with Crippen molar-refractivity contribution in [2.75, 3.05) is 13.1 Å². The van der Waals surface area contributed by atoms with Gasteiger partial charge in [-0.3, -0.25) is 4.90 Å². The molecule has 0 saturated carbocycles. The first-order chi connectivity index (χ1) is 9.00. The highest BCUT2D eigenvalue weighted by Crippen LogP contribution is 2.21. The summed E-state index contributed by atoms with van der Waals surface area (Å²) in [4.78, 5) is 2.64. The van der Waals surface area contributed by atoms with Gasteiger partial charge in [-0.15, -0.1) is 0 Å². The fraction of sp³-hybridized carbons (Fsp3) is 0.625. The Bertz CT molecular complexity index is 400. The Morgan fingerprint density at radius 1 is 1.32 bits per heavy atom. The summed E-state index contributed by atoms with van der Waals surface area (Å²) in [6.07, 6.45) is 2.53. The largest absolute Gasteiger partial charge is 0.309 e. The molecular formula is C16H25BrN2. The first-order valence-electron chi connectivity index (χ1n) is 7.24. The third kappa shape index (κ3) is 4.30. The molecule has 0 aromatic heterocycles. The smallest absolute Gasteiger partial charge is 0.0253 e. The summed E-state index contributed by atoms with van der Waals surface area (Å²) in [5.41, 5.74) is 1.63. The second-order valence-electron chi connectivity index (χ2n) is 6.24. The van der Waals surface area contributed by atoms with Crippen LogP contribution >= 0.6 is 15.9 Å². The van der Waals surface area contributed by atoms with Crippen molar-refractivity contribution in [3.8, 4) is 0 Å². The van der Waals surface area contributed by atoms with Gasteiger partial charge < -0.3 is 5.32 Å². The van der Waals surface area contributed by atoms with Crippen molar-refractivity contribution >= 4 is 15.9 Å². The molecule has 0 radical (unpaired) electrons. The maximum Gasteiger partial charge on any atom is 0.0253 e. The fourth-order valence-corrected chi connectivity index (χ4v) is 3.11. The van der Waals surface area contributed by atoms with Crippen LogP contribution in [-0.2, 0) is 6.54 Å². The van der Waals surface area contributed by atoms with Crippen molar-refractivity contribution in [2.24, 2.45) is 0 Å². The molecule has 19 heavy (non-hydrogen) atoms. The Labute approximate surface area is 125 Å². The Kier molecular flexibility index (Phi) is 5.04. The van der Waals surface area contributed by atoms with E-state index in [-0.39, 0.29) is 5.54 Å². The third-order valence-electron chi connectivity index (χ3n) is 3.85. The number of nitrogens with zero attached hydrogens (tertiary/aromatic N) is 1. The van der Waals surface area contributed by atoms with E-state index in [2.05, 4.69) is 71.2 Å². The van der Waals surface area contributed by atoms with Crippen LogP contribution in [0.2, 0.25) is 0 Å². The van der Waals surface area contributed by atoms with Crippen LogP contribution in [-0.4, -0.2) is 29.6 Å². The average Bonchev–Trinajstić information content (AvgIpc) is 2.35. The van der Waals surface area contributed by atoms with Gasteiger partial charge in [0, 0.05) is 35.7 Å². The molecule has 1 heterocycles. The van der Waals surface area contributed by atoms with E-state index < -0.39 is 0 Å². The number of piperazine rings is 1. The van der Waals surface area contributed by atoms with Gasteiger partial charge in [-0.2, -0.15) is 0 Å². The van der Waals surface area contributed by atoms with Gasteiger partial charge in [0.25, 0.3) is 0 Å². The quantitative estimate of drug-likeness (QED) is 0.906. The van der Waals surface area contributed by atoms with Crippen LogP contribution in [0.3, 0.4) is 0 Å². The topological polar surface area (TPSA) is 15.3 Å². The van der Waals surface area contributed by atoms with Crippen molar-refractivity contribution in [3.05, 3.63) is 34.3 Å². The van der Waals surface area contributed by atoms with Gasteiger partial charge in [0.1, 0.15) is 0 Å². The van der Waals surface area contributed by atoms with E-state index in [1.807, 2.05) is 0 Å². The first kappa shape index (κ1) is 15.0. The molecule has 0 spiro atoms. The van der Waals surface area contributed by atoms with E-state index in [1.165, 1.54) is 18.4 Å². The summed E-state index contributed by atoms with van der Waals surface area (Å²) < 4.78 is 1.15. The molecule has 106 valence electrons. The minimum Gasteiger partial charge on any atom is -0.309 e. The lowest BCUT2D eigenvalue weighted by Gasteiger charge is -2.44. The molecular weight excluding hydrogens is 300 g/mol. The highest BCUT2D eigenvalue weighted by atomic mass is 79.9. The highest BCUT2D eigenvalue weighted by molar-refractivity contribution is 9.10. The van der Waals surface area contributed by atoms with Crippen LogP contribution in [0.5, 0.6) is 0 Å². The molecule has 1 aliphatic rings. The van der Waals surface area contributed by atoms with E-state index in [1.54, 1.807) is 0 Å². The molecule has 0 aliphatic carbocycles. The minimum absolute atomic E-state index is 0.222. The molecule has 1 saturated heterocycles. The number of benzene rings is 1. The zero-order valence-electron chi connectivity index (χ0n) is 12.2. The lowest BCUT2D eigenvalue weighted by molar-refractivity contribution is 0.0827. The monoisotopic (exact) mass is 324 g/mol. The Balaban J connectivity index is 2.06. The molecule has 1 aromatic carbocycles. The van der Waals surface area contributed by atoms with Crippen LogP contribution < -0.4 is 5.32 Å². The van der Waals surface area contributed by atoms with Gasteiger partial charge >= 0.3 is 0 Å². The summed E-state index contributed by atoms with van der Waals surface area (Å²) in [6, 6.07) is 9.39. The number of hydrogen-bond donors (Lipinski definition) is 1. The molecule has 1 N–H and O–H groups in total. The van der Waals surface area contributed by atoms with E-state index in [0.29, 0.717) is 6.04 Å². The molecule has 1 aromatic rings. The standard InChI is InChI=1S/C16H25BrN2/c1-4-5-15-10-18-16(2,3)12-19(15)11-13-6-8-14(17)9-7-13/h6-9,15,18H,4-5,10-12H2,1-3H3. The number of hydrogen-bond acceptors (Lipinski definition) is 2. The summed E-state index contributed by atoms with van der Waals surface area (Å²) in [6.45, 7) is 10.2. The predicted molar refractivity (Wildman–Crippen MR) is 85.3 cm³/mol. The summed E-state index contributed by atoms with van der Waals surface area (Å²) in [5.74, 6) is 0. The number of nitrogens with one attached hydrogen (secondary N) is 1.